The molecule has 1 aromatic rings. The summed E-state index contributed by atoms with van der Waals surface area (Å²) in [5.74, 6) is 1.55. The van der Waals surface area contributed by atoms with Gasteiger partial charge in [0.05, 0.1) is 11.9 Å². The lowest BCUT2D eigenvalue weighted by molar-refractivity contribution is 0.101. The fraction of sp³-hybridized carbons (Fsp3) is 0.571. The number of ketones is 1. The van der Waals surface area contributed by atoms with Crippen molar-refractivity contribution in [2.75, 3.05) is 18.0 Å². The van der Waals surface area contributed by atoms with E-state index < -0.39 is 0 Å². The first kappa shape index (κ1) is 12.1. The van der Waals surface area contributed by atoms with E-state index in [0.717, 1.165) is 30.6 Å². The SMILES string of the molecule is CC(=O)c1ccc(N2CCC(C)C(C)C2)cn1. The predicted molar refractivity (Wildman–Crippen MR) is 69.4 cm³/mol. The van der Waals surface area contributed by atoms with E-state index in [-0.39, 0.29) is 5.78 Å². The Labute approximate surface area is 103 Å². The molecule has 1 aliphatic heterocycles. The van der Waals surface area contributed by atoms with Crippen LogP contribution in [0.4, 0.5) is 5.69 Å². The van der Waals surface area contributed by atoms with Gasteiger partial charge in [-0.15, -0.1) is 0 Å². The number of hydrogen-bond donors (Lipinski definition) is 0. The summed E-state index contributed by atoms with van der Waals surface area (Å²) in [5.41, 5.74) is 1.68. The van der Waals surface area contributed by atoms with E-state index in [1.54, 1.807) is 6.92 Å². The van der Waals surface area contributed by atoms with Crippen LogP contribution in [-0.2, 0) is 0 Å². The lowest BCUT2D eigenvalue weighted by Crippen LogP contribution is -2.38. The number of nitrogens with zero attached hydrogens (tertiary/aromatic N) is 2. The third kappa shape index (κ3) is 2.65. The molecule has 0 radical (unpaired) electrons. The first-order chi connectivity index (χ1) is 8.08. The van der Waals surface area contributed by atoms with Gasteiger partial charge in [0.15, 0.2) is 5.78 Å². The molecule has 1 aromatic heterocycles. The maximum atomic E-state index is 11.2. The smallest absolute Gasteiger partial charge is 0.178 e. The molecule has 0 spiro atoms. The van der Waals surface area contributed by atoms with Crippen molar-refractivity contribution in [1.29, 1.82) is 0 Å². The summed E-state index contributed by atoms with van der Waals surface area (Å²) in [6.45, 7) is 8.34. The number of Topliss-reactive ketones (excluding diaryl/α,β-unsaturated/α-hetero) is 1. The summed E-state index contributed by atoms with van der Waals surface area (Å²) < 4.78 is 0. The molecule has 0 N–H and O–H groups in total. The van der Waals surface area contributed by atoms with Crippen molar-refractivity contribution < 1.29 is 4.79 Å². The summed E-state index contributed by atoms with van der Waals surface area (Å²) in [4.78, 5) is 17.7. The number of carbonyl (C=O) groups excluding carboxylic acids is 1. The lowest BCUT2D eigenvalue weighted by Gasteiger charge is -2.36. The van der Waals surface area contributed by atoms with Gasteiger partial charge in [0.25, 0.3) is 0 Å². The van der Waals surface area contributed by atoms with Gasteiger partial charge in [0, 0.05) is 20.0 Å². The molecule has 3 heteroatoms. The van der Waals surface area contributed by atoms with Crippen molar-refractivity contribution >= 4 is 11.5 Å². The van der Waals surface area contributed by atoms with Gasteiger partial charge in [-0.1, -0.05) is 13.8 Å². The molecule has 0 amide bonds. The van der Waals surface area contributed by atoms with Crippen LogP contribution in [0, 0.1) is 11.8 Å². The van der Waals surface area contributed by atoms with E-state index in [2.05, 4.69) is 23.7 Å². The number of pyridine rings is 1. The van der Waals surface area contributed by atoms with Crippen LogP contribution >= 0.6 is 0 Å². The second-order valence-corrected chi connectivity index (χ2v) is 5.15. The lowest BCUT2D eigenvalue weighted by atomic mass is 9.88. The topological polar surface area (TPSA) is 33.2 Å². The number of anilines is 1. The summed E-state index contributed by atoms with van der Waals surface area (Å²) >= 11 is 0. The van der Waals surface area contributed by atoms with E-state index in [1.807, 2.05) is 18.3 Å². The molecule has 2 unspecified atom stereocenters. The average Bonchev–Trinajstić information content (AvgIpc) is 2.33. The van der Waals surface area contributed by atoms with Crippen LogP contribution < -0.4 is 4.90 Å². The first-order valence-electron chi connectivity index (χ1n) is 6.30. The van der Waals surface area contributed by atoms with Crippen LogP contribution in [0.1, 0.15) is 37.7 Å². The number of rotatable bonds is 2. The quantitative estimate of drug-likeness (QED) is 0.735. The molecule has 1 fully saturated rings. The molecular formula is C14H20N2O. The fourth-order valence-electron chi connectivity index (χ4n) is 2.28. The molecule has 2 atom stereocenters. The monoisotopic (exact) mass is 232 g/mol. The Bertz CT molecular complexity index is 399. The van der Waals surface area contributed by atoms with Crippen molar-refractivity contribution in [3.8, 4) is 0 Å². The van der Waals surface area contributed by atoms with Gasteiger partial charge in [0.1, 0.15) is 5.69 Å². The average molecular weight is 232 g/mol. The first-order valence-corrected chi connectivity index (χ1v) is 6.30. The largest absolute Gasteiger partial charge is 0.370 e. The molecule has 2 heterocycles. The molecule has 0 aromatic carbocycles. The van der Waals surface area contributed by atoms with Gasteiger partial charge < -0.3 is 4.90 Å². The van der Waals surface area contributed by atoms with Crippen LogP contribution in [0.15, 0.2) is 18.3 Å². The Morgan fingerprint density at radius 1 is 1.35 bits per heavy atom. The Morgan fingerprint density at radius 3 is 2.65 bits per heavy atom. The van der Waals surface area contributed by atoms with Crippen LogP contribution in [0.5, 0.6) is 0 Å². The highest BCUT2D eigenvalue weighted by Gasteiger charge is 2.22. The predicted octanol–water partition coefficient (Wildman–Crippen LogP) is 2.77. The molecule has 1 saturated heterocycles. The fourth-order valence-corrected chi connectivity index (χ4v) is 2.28. The standard InChI is InChI=1S/C14H20N2O/c1-10-6-7-16(9-11(10)2)13-4-5-14(12(3)17)15-8-13/h4-5,8,10-11H,6-7,9H2,1-3H3. The Kier molecular flexibility index (Phi) is 3.46. The van der Waals surface area contributed by atoms with Crippen LogP contribution in [0.25, 0.3) is 0 Å². The van der Waals surface area contributed by atoms with Gasteiger partial charge in [-0.3, -0.25) is 9.78 Å². The summed E-state index contributed by atoms with van der Waals surface area (Å²) in [7, 11) is 0. The molecule has 2 rings (SSSR count). The number of piperidine rings is 1. The zero-order chi connectivity index (χ0) is 12.4. The van der Waals surface area contributed by atoms with Crippen molar-refractivity contribution in [2.45, 2.75) is 27.2 Å². The van der Waals surface area contributed by atoms with Crippen LogP contribution in [0.3, 0.4) is 0 Å². The number of carbonyl (C=O) groups is 1. The van der Waals surface area contributed by atoms with Gasteiger partial charge in [-0.2, -0.15) is 0 Å². The zero-order valence-electron chi connectivity index (χ0n) is 10.8. The second kappa shape index (κ2) is 4.86. The molecule has 1 aliphatic rings. The third-order valence-electron chi connectivity index (χ3n) is 3.81. The van der Waals surface area contributed by atoms with Gasteiger partial charge in [-0.05, 0) is 30.4 Å². The summed E-state index contributed by atoms with van der Waals surface area (Å²) in [5, 5.41) is 0. The molecule has 3 nitrogen and oxygen atoms in total. The minimum Gasteiger partial charge on any atom is -0.370 e. The van der Waals surface area contributed by atoms with E-state index >= 15 is 0 Å². The van der Waals surface area contributed by atoms with Gasteiger partial charge in [-0.25, -0.2) is 0 Å². The minimum absolute atomic E-state index is 0.0252. The van der Waals surface area contributed by atoms with Crippen molar-refractivity contribution in [3.05, 3.63) is 24.0 Å². The van der Waals surface area contributed by atoms with E-state index in [1.165, 1.54) is 6.42 Å². The normalized spacial score (nSPS) is 24.8. The van der Waals surface area contributed by atoms with E-state index in [4.69, 9.17) is 0 Å². The Hall–Kier alpha value is -1.38. The maximum absolute atomic E-state index is 11.2. The van der Waals surface area contributed by atoms with Gasteiger partial charge >= 0.3 is 0 Å². The molecule has 17 heavy (non-hydrogen) atoms. The Morgan fingerprint density at radius 2 is 2.12 bits per heavy atom. The zero-order valence-corrected chi connectivity index (χ0v) is 10.8. The van der Waals surface area contributed by atoms with Crippen molar-refractivity contribution in [1.82, 2.24) is 4.98 Å². The van der Waals surface area contributed by atoms with Crippen LogP contribution in [-0.4, -0.2) is 23.9 Å². The Balaban J connectivity index is 2.10. The molecule has 0 bridgehead atoms. The molecule has 0 aliphatic carbocycles. The third-order valence-corrected chi connectivity index (χ3v) is 3.81. The van der Waals surface area contributed by atoms with Gasteiger partial charge in [0.2, 0.25) is 0 Å². The van der Waals surface area contributed by atoms with Crippen LogP contribution in [0.2, 0.25) is 0 Å². The highest BCUT2D eigenvalue weighted by atomic mass is 16.1. The molecule has 0 saturated carbocycles. The highest BCUT2D eigenvalue weighted by molar-refractivity contribution is 5.92. The van der Waals surface area contributed by atoms with E-state index in [0.29, 0.717) is 5.69 Å². The second-order valence-electron chi connectivity index (χ2n) is 5.15. The number of hydrogen-bond acceptors (Lipinski definition) is 3. The minimum atomic E-state index is 0.0252. The highest BCUT2D eigenvalue weighted by Crippen LogP contribution is 2.26. The summed E-state index contributed by atoms with van der Waals surface area (Å²) in [6, 6.07) is 3.83. The molecular weight excluding hydrogens is 212 g/mol. The maximum Gasteiger partial charge on any atom is 0.178 e. The van der Waals surface area contributed by atoms with E-state index in [9.17, 15) is 4.79 Å². The molecule has 92 valence electrons. The van der Waals surface area contributed by atoms with Crippen molar-refractivity contribution in [2.24, 2.45) is 11.8 Å². The number of aromatic nitrogens is 1. The summed E-state index contributed by atoms with van der Waals surface area (Å²) in [6.07, 6.45) is 3.05. The van der Waals surface area contributed by atoms with Crippen molar-refractivity contribution in [3.63, 3.8) is 0 Å².